The van der Waals surface area contributed by atoms with Gasteiger partial charge >= 0.3 is 0 Å². The second-order valence-corrected chi connectivity index (χ2v) is 6.65. The van der Waals surface area contributed by atoms with Gasteiger partial charge in [0.15, 0.2) is 0 Å². The largest absolute Gasteiger partial charge is 0.369 e. The van der Waals surface area contributed by atoms with E-state index in [2.05, 4.69) is 19.2 Å². The Labute approximate surface area is 118 Å². The lowest BCUT2D eigenvalue weighted by Crippen LogP contribution is -2.15. The van der Waals surface area contributed by atoms with E-state index < -0.39 is 0 Å². The molecule has 2 heterocycles. The number of hydrogen-bond donors (Lipinski definition) is 1. The van der Waals surface area contributed by atoms with Crippen molar-refractivity contribution >= 4 is 23.1 Å². The lowest BCUT2D eigenvalue weighted by molar-refractivity contribution is 0.0754. The Morgan fingerprint density at radius 2 is 2.33 bits per heavy atom. The fourth-order valence-electron chi connectivity index (χ4n) is 1.98. The highest BCUT2D eigenvalue weighted by molar-refractivity contribution is 7.99. The van der Waals surface area contributed by atoms with Crippen molar-refractivity contribution in [1.82, 2.24) is 10.3 Å². The lowest BCUT2D eigenvalue weighted by Gasteiger charge is -2.19. The normalized spacial score (nSPS) is 20.2. The molecule has 1 unspecified atom stereocenters. The monoisotopic (exact) mass is 286 g/mol. The van der Waals surface area contributed by atoms with Crippen molar-refractivity contribution < 1.29 is 4.74 Å². The summed E-state index contributed by atoms with van der Waals surface area (Å²) in [6.45, 7) is 7.17. The van der Waals surface area contributed by atoms with E-state index in [1.807, 2.05) is 23.1 Å². The SMILES string of the molecule is CCCc1nc(C2CSCCO2)sc1CNCC. The molecule has 2 rings (SSSR count). The van der Waals surface area contributed by atoms with Crippen LogP contribution in [-0.4, -0.2) is 29.6 Å². The smallest absolute Gasteiger partial charge is 0.123 e. The summed E-state index contributed by atoms with van der Waals surface area (Å²) in [5, 5.41) is 4.58. The summed E-state index contributed by atoms with van der Waals surface area (Å²) in [4.78, 5) is 6.21. The van der Waals surface area contributed by atoms with Gasteiger partial charge in [-0.3, -0.25) is 0 Å². The Morgan fingerprint density at radius 1 is 1.44 bits per heavy atom. The first-order valence-corrected chi connectivity index (χ1v) is 8.70. The van der Waals surface area contributed by atoms with Crippen molar-refractivity contribution in [3.63, 3.8) is 0 Å². The number of aromatic nitrogens is 1. The Hall–Kier alpha value is -0.100. The second-order valence-electron chi connectivity index (χ2n) is 4.39. The van der Waals surface area contributed by atoms with E-state index in [0.29, 0.717) is 0 Å². The molecule has 1 fully saturated rings. The Morgan fingerprint density at radius 3 is 3.00 bits per heavy atom. The van der Waals surface area contributed by atoms with E-state index in [0.717, 1.165) is 44.0 Å². The second kappa shape index (κ2) is 7.48. The maximum absolute atomic E-state index is 5.82. The molecule has 0 aliphatic carbocycles. The Bertz CT molecular complexity index is 362. The van der Waals surface area contributed by atoms with Crippen LogP contribution in [0.1, 0.15) is 42.0 Å². The Balaban J connectivity index is 2.09. The minimum Gasteiger partial charge on any atom is -0.369 e. The summed E-state index contributed by atoms with van der Waals surface area (Å²) in [5.74, 6) is 2.17. The number of nitrogens with one attached hydrogen (secondary N) is 1. The van der Waals surface area contributed by atoms with Crippen molar-refractivity contribution in [1.29, 1.82) is 0 Å². The van der Waals surface area contributed by atoms with Crippen LogP contribution < -0.4 is 5.32 Å². The van der Waals surface area contributed by atoms with Gasteiger partial charge in [0.1, 0.15) is 11.1 Å². The summed E-state index contributed by atoms with van der Waals surface area (Å²) < 4.78 is 5.82. The molecular formula is C13H22N2OS2. The first-order chi connectivity index (χ1) is 8.85. The molecule has 1 aliphatic heterocycles. The molecule has 0 spiro atoms. The molecule has 0 amide bonds. The van der Waals surface area contributed by atoms with Crippen molar-refractivity contribution in [3.8, 4) is 0 Å². The van der Waals surface area contributed by atoms with Gasteiger partial charge in [0.2, 0.25) is 0 Å². The van der Waals surface area contributed by atoms with Crippen LogP contribution in [0.15, 0.2) is 0 Å². The van der Waals surface area contributed by atoms with Crippen molar-refractivity contribution in [2.75, 3.05) is 24.7 Å². The predicted molar refractivity (Wildman–Crippen MR) is 79.5 cm³/mol. The molecule has 1 N–H and O–H groups in total. The summed E-state index contributed by atoms with van der Waals surface area (Å²) in [5.41, 5.74) is 1.28. The van der Waals surface area contributed by atoms with E-state index in [-0.39, 0.29) is 6.10 Å². The molecule has 0 bridgehead atoms. The van der Waals surface area contributed by atoms with Gasteiger partial charge in [0.25, 0.3) is 0 Å². The number of thiazole rings is 1. The molecule has 1 aliphatic rings. The van der Waals surface area contributed by atoms with Crippen molar-refractivity contribution in [2.45, 2.75) is 39.3 Å². The van der Waals surface area contributed by atoms with E-state index in [1.165, 1.54) is 15.6 Å². The van der Waals surface area contributed by atoms with Gasteiger partial charge in [-0.15, -0.1) is 11.3 Å². The first-order valence-electron chi connectivity index (χ1n) is 6.73. The highest BCUT2D eigenvalue weighted by Gasteiger charge is 2.21. The minimum absolute atomic E-state index is 0.222. The van der Waals surface area contributed by atoms with Crippen LogP contribution >= 0.6 is 23.1 Å². The molecule has 0 radical (unpaired) electrons. The number of nitrogens with zero attached hydrogens (tertiary/aromatic N) is 1. The maximum atomic E-state index is 5.82. The molecule has 102 valence electrons. The van der Waals surface area contributed by atoms with Crippen LogP contribution in [0.2, 0.25) is 0 Å². The van der Waals surface area contributed by atoms with Crippen LogP contribution in [0.5, 0.6) is 0 Å². The fraction of sp³-hybridized carbons (Fsp3) is 0.769. The number of ether oxygens (including phenoxy) is 1. The van der Waals surface area contributed by atoms with Gasteiger partial charge in [0, 0.05) is 22.9 Å². The summed E-state index contributed by atoms with van der Waals surface area (Å²) in [7, 11) is 0. The molecule has 1 atom stereocenters. The fourth-order valence-corrected chi connectivity index (χ4v) is 4.07. The van der Waals surface area contributed by atoms with Crippen molar-refractivity contribution in [3.05, 3.63) is 15.6 Å². The van der Waals surface area contributed by atoms with Gasteiger partial charge in [-0.25, -0.2) is 4.98 Å². The topological polar surface area (TPSA) is 34.1 Å². The van der Waals surface area contributed by atoms with E-state index in [1.54, 1.807) is 0 Å². The molecule has 1 aromatic rings. The molecule has 3 nitrogen and oxygen atoms in total. The summed E-state index contributed by atoms with van der Waals surface area (Å²) in [6.07, 6.45) is 2.46. The first kappa shape index (κ1) is 14.3. The summed E-state index contributed by atoms with van der Waals surface area (Å²) >= 11 is 3.80. The molecule has 0 aromatic carbocycles. The van der Waals surface area contributed by atoms with Crippen LogP contribution in [0.4, 0.5) is 0 Å². The average molecular weight is 286 g/mol. The number of aryl methyl sites for hydroxylation is 1. The molecule has 1 saturated heterocycles. The standard InChI is InChI=1S/C13H22N2OS2/c1-3-5-10-12(8-14-4-2)18-13(15-10)11-9-17-7-6-16-11/h11,14H,3-9H2,1-2H3. The third kappa shape index (κ3) is 3.70. The molecule has 18 heavy (non-hydrogen) atoms. The lowest BCUT2D eigenvalue weighted by atomic mass is 10.2. The van der Waals surface area contributed by atoms with E-state index >= 15 is 0 Å². The highest BCUT2D eigenvalue weighted by Crippen LogP contribution is 2.31. The molecule has 5 heteroatoms. The molecular weight excluding hydrogens is 264 g/mol. The van der Waals surface area contributed by atoms with Crippen LogP contribution in [0.3, 0.4) is 0 Å². The zero-order chi connectivity index (χ0) is 12.8. The third-order valence-corrected chi connectivity index (χ3v) is 5.09. The van der Waals surface area contributed by atoms with Crippen molar-refractivity contribution in [2.24, 2.45) is 0 Å². The average Bonchev–Trinajstić information content (AvgIpc) is 2.81. The number of thioether (sulfide) groups is 1. The van der Waals surface area contributed by atoms with Crippen LogP contribution in [0.25, 0.3) is 0 Å². The van der Waals surface area contributed by atoms with Crippen LogP contribution in [-0.2, 0) is 17.7 Å². The van der Waals surface area contributed by atoms with E-state index in [4.69, 9.17) is 9.72 Å². The van der Waals surface area contributed by atoms with Gasteiger partial charge in [-0.05, 0) is 13.0 Å². The Kier molecular flexibility index (Phi) is 5.95. The van der Waals surface area contributed by atoms with Gasteiger partial charge in [-0.2, -0.15) is 11.8 Å². The van der Waals surface area contributed by atoms with Crippen LogP contribution in [0, 0.1) is 0 Å². The maximum Gasteiger partial charge on any atom is 0.123 e. The number of hydrogen-bond acceptors (Lipinski definition) is 5. The molecule has 1 aromatic heterocycles. The molecule has 0 saturated carbocycles. The quantitative estimate of drug-likeness (QED) is 0.872. The summed E-state index contributed by atoms with van der Waals surface area (Å²) in [6, 6.07) is 0. The zero-order valence-corrected chi connectivity index (χ0v) is 12.8. The van der Waals surface area contributed by atoms with E-state index in [9.17, 15) is 0 Å². The van der Waals surface area contributed by atoms with Gasteiger partial charge < -0.3 is 10.1 Å². The minimum atomic E-state index is 0.222. The predicted octanol–water partition coefficient (Wildman–Crippen LogP) is 3.01. The highest BCUT2D eigenvalue weighted by atomic mass is 32.2. The number of rotatable bonds is 6. The van der Waals surface area contributed by atoms with Gasteiger partial charge in [0.05, 0.1) is 12.3 Å². The zero-order valence-electron chi connectivity index (χ0n) is 11.2. The third-order valence-electron chi connectivity index (χ3n) is 2.91. The van der Waals surface area contributed by atoms with Gasteiger partial charge in [-0.1, -0.05) is 20.3 Å².